The number of aliphatic hydroxyl groups is 3. The zero-order chi connectivity index (χ0) is 21.6. The van der Waals surface area contributed by atoms with Crippen LogP contribution in [0, 0.1) is 0 Å². The zero-order valence-corrected chi connectivity index (χ0v) is 16.1. The molecule has 0 aromatic heterocycles. The minimum absolute atomic E-state index is 0.0377. The third-order valence-corrected chi connectivity index (χ3v) is 5.53. The van der Waals surface area contributed by atoms with Crippen molar-refractivity contribution in [3.63, 3.8) is 0 Å². The van der Waals surface area contributed by atoms with E-state index in [2.05, 4.69) is 8.37 Å². The molecule has 3 aliphatic heterocycles. The summed E-state index contributed by atoms with van der Waals surface area (Å²) in [6, 6.07) is 0. The quantitative estimate of drug-likeness (QED) is 0.224. The van der Waals surface area contributed by atoms with Crippen molar-refractivity contribution in [3.8, 4) is 0 Å². The van der Waals surface area contributed by atoms with Gasteiger partial charge in [0.15, 0.2) is 6.29 Å². The van der Waals surface area contributed by atoms with Gasteiger partial charge >= 0.3 is 20.8 Å². The van der Waals surface area contributed by atoms with Crippen molar-refractivity contribution < 1.29 is 68.6 Å². The number of fused-ring (bicyclic) bond motifs is 2. The van der Waals surface area contributed by atoms with E-state index in [0.29, 0.717) is 0 Å². The Bertz CT molecular complexity index is 781. The number of hydrogen-bond acceptors (Lipinski definition) is 13. The summed E-state index contributed by atoms with van der Waals surface area (Å²) in [5.74, 6) is 0. The van der Waals surface area contributed by atoms with Crippen molar-refractivity contribution in [1.82, 2.24) is 0 Å². The lowest BCUT2D eigenvalue weighted by Gasteiger charge is -2.43. The molecule has 3 heterocycles. The fraction of sp³-hybridized carbons (Fsp3) is 1.00. The van der Waals surface area contributed by atoms with Gasteiger partial charge in [0.05, 0.1) is 19.8 Å². The zero-order valence-electron chi connectivity index (χ0n) is 14.5. The van der Waals surface area contributed by atoms with Gasteiger partial charge in [-0.05, 0) is 0 Å². The molecule has 0 aliphatic carbocycles. The Morgan fingerprint density at radius 3 is 2.14 bits per heavy atom. The molecule has 3 rings (SSSR count). The molecule has 170 valence electrons. The Labute approximate surface area is 164 Å². The molecule has 2 bridgehead atoms. The van der Waals surface area contributed by atoms with Crippen LogP contribution in [0.5, 0.6) is 0 Å². The SMILES string of the molecule is O=S(=O)(O)O[C@H]1[C@@H](O)[C@H](O)[C@@H](O[C@@H]2[C@@H]3OC[C@H]2OC[C@H]3OS(=O)(=O)O)O[C@H]1CO. The van der Waals surface area contributed by atoms with Crippen LogP contribution in [-0.4, -0.2) is 116 Å². The minimum Gasteiger partial charge on any atom is -0.394 e. The molecule has 0 unspecified atom stereocenters. The van der Waals surface area contributed by atoms with Gasteiger partial charge in [-0.2, -0.15) is 16.8 Å². The van der Waals surface area contributed by atoms with E-state index < -0.39 is 82.5 Å². The molecule has 9 atom stereocenters. The maximum absolute atomic E-state index is 11.0. The van der Waals surface area contributed by atoms with E-state index in [1.807, 2.05) is 0 Å². The van der Waals surface area contributed by atoms with Gasteiger partial charge in [0.1, 0.15) is 48.8 Å². The summed E-state index contributed by atoms with van der Waals surface area (Å²) in [7, 11) is -9.87. The van der Waals surface area contributed by atoms with E-state index in [4.69, 9.17) is 28.1 Å². The summed E-state index contributed by atoms with van der Waals surface area (Å²) in [4.78, 5) is 0. The van der Waals surface area contributed by atoms with E-state index in [9.17, 15) is 32.2 Å². The summed E-state index contributed by atoms with van der Waals surface area (Å²) in [6.07, 6.45) is -13.0. The van der Waals surface area contributed by atoms with Crippen molar-refractivity contribution in [2.24, 2.45) is 0 Å². The second-order valence-electron chi connectivity index (χ2n) is 6.53. The molecule has 17 heteroatoms. The molecule has 0 amide bonds. The van der Waals surface area contributed by atoms with Gasteiger partial charge in [-0.25, -0.2) is 8.37 Å². The number of rotatable bonds is 7. The Balaban J connectivity index is 1.72. The summed E-state index contributed by atoms with van der Waals surface area (Å²) in [6.45, 7) is -1.15. The first kappa shape index (κ1) is 23.1. The van der Waals surface area contributed by atoms with Gasteiger partial charge < -0.3 is 34.3 Å². The molecular weight excluding hydrogens is 448 g/mol. The van der Waals surface area contributed by atoms with Crippen LogP contribution in [0.4, 0.5) is 0 Å². The molecular formula is C12H20O15S2. The fourth-order valence-electron chi connectivity index (χ4n) is 3.37. The van der Waals surface area contributed by atoms with Gasteiger partial charge in [0.25, 0.3) is 0 Å². The van der Waals surface area contributed by atoms with E-state index in [1.54, 1.807) is 0 Å². The topological polar surface area (TPSA) is 225 Å². The Morgan fingerprint density at radius 1 is 0.897 bits per heavy atom. The molecule has 0 radical (unpaired) electrons. The number of hydrogen-bond donors (Lipinski definition) is 5. The molecule has 0 spiro atoms. The van der Waals surface area contributed by atoms with Gasteiger partial charge in [0.2, 0.25) is 0 Å². The summed E-state index contributed by atoms with van der Waals surface area (Å²) >= 11 is 0. The summed E-state index contributed by atoms with van der Waals surface area (Å²) in [5.41, 5.74) is 0. The lowest BCUT2D eigenvalue weighted by atomic mass is 9.98. The van der Waals surface area contributed by atoms with Crippen LogP contribution < -0.4 is 0 Å². The second-order valence-corrected chi connectivity index (χ2v) is 8.62. The van der Waals surface area contributed by atoms with E-state index in [-0.39, 0.29) is 13.2 Å². The van der Waals surface area contributed by atoms with Crippen LogP contribution in [0.2, 0.25) is 0 Å². The molecule has 3 aliphatic rings. The van der Waals surface area contributed by atoms with Crippen molar-refractivity contribution in [2.45, 2.75) is 55.1 Å². The van der Waals surface area contributed by atoms with Gasteiger partial charge in [-0.1, -0.05) is 0 Å². The van der Waals surface area contributed by atoms with Crippen molar-refractivity contribution in [2.75, 3.05) is 19.8 Å². The predicted molar refractivity (Wildman–Crippen MR) is 85.0 cm³/mol. The maximum Gasteiger partial charge on any atom is 0.397 e. The number of ether oxygens (including phenoxy) is 4. The van der Waals surface area contributed by atoms with Gasteiger partial charge in [0, 0.05) is 0 Å². The molecule has 3 saturated heterocycles. The molecule has 29 heavy (non-hydrogen) atoms. The normalized spacial score (nSPS) is 43.4. The van der Waals surface area contributed by atoms with Crippen LogP contribution in [-0.2, 0) is 48.1 Å². The Morgan fingerprint density at radius 2 is 1.55 bits per heavy atom. The molecule has 0 aromatic carbocycles. The molecule has 5 N–H and O–H groups in total. The third-order valence-electron chi connectivity index (χ3n) is 4.57. The highest BCUT2D eigenvalue weighted by Crippen LogP contribution is 2.34. The number of aliphatic hydroxyl groups excluding tert-OH is 3. The first-order chi connectivity index (χ1) is 13.4. The van der Waals surface area contributed by atoms with Crippen molar-refractivity contribution >= 4 is 20.8 Å². The van der Waals surface area contributed by atoms with Crippen LogP contribution in [0.25, 0.3) is 0 Å². The first-order valence-corrected chi connectivity index (χ1v) is 10.9. The highest BCUT2D eigenvalue weighted by Gasteiger charge is 2.54. The lowest BCUT2D eigenvalue weighted by molar-refractivity contribution is -0.321. The first-order valence-electron chi connectivity index (χ1n) is 8.22. The highest BCUT2D eigenvalue weighted by atomic mass is 32.3. The van der Waals surface area contributed by atoms with E-state index >= 15 is 0 Å². The highest BCUT2D eigenvalue weighted by molar-refractivity contribution is 7.81. The van der Waals surface area contributed by atoms with Crippen LogP contribution in [0.3, 0.4) is 0 Å². The van der Waals surface area contributed by atoms with Crippen molar-refractivity contribution in [3.05, 3.63) is 0 Å². The van der Waals surface area contributed by atoms with E-state index in [1.165, 1.54) is 0 Å². The largest absolute Gasteiger partial charge is 0.397 e. The standard InChI is InChI=1S/C12H20O15S2/c13-1-4-9(27-29(19,20)21)7(14)8(15)12(24-4)25-11-5-2-23-10(11)6(3-22-5)26-28(16,17)18/h4-15H,1-3H2,(H,16,17,18)(H,19,20,21)/t4-,5+,6+,7-,8-,9+,10+,11-,12+/m0/s1. The predicted octanol–water partition coefficient (Wildman–Crippen LogP) is -4.02. The average molecular weight is 468 g/mol. The van der Waals surface area contributed by atoms with Crippen molar-refractivity contribution in [1.29, 1.82) is 0 Å². The molecule has 0 aromatic rings. The van der Waals surface area contributed by atoms with Crippen LogP contribution in [0.15, 0.2) is 0 Å². The fourth-order valence-corrected chi connectivity index (χ4v) is 4.36. The maximum atomic E-state index is 11.0. The minimum atomic E-state index is -5.04. The lowest BCUT2D eigenvalue weighted by Crippen LogP contribution is -2.62. The van der Waals surface area contributed by atoms with Gasteiger partial charge in [-0.3, -0.25) is 9.11 Å². The average Bonchev–Trinajstić information content (AvgIpc) is 2.87. The monoisotopic (exact) mass is 468 g/mol. The Kier molecular flexibility index (Phi) is 6.81. The molecule has 3 fully saturated rings. The van der Waals surface area contributed by atoms with E-state index in [0.717, 1.165) is 0 Å². The summed E-state index contributed by atoms with van der Waals surface area (Å²) in [5, 5.41) is 29.7. The smallest absolute Gasteiger partial charge is 0.394 e. The summed E-state index contributed by atoms with van der Waals surface area (Å²) < 4.78 is 91.6. The van der Waals surface area contributed by atoms with Gasteiger partial charge in [-0.15, -0.1) is 0 Å². The Hall–Kier alpha value is -0.540. The molecule has 0 saturated carbocycles. The second kappa shape index (κ2) is 8.54. The van der Waals surface area contributed by atoms with Crippen LogP contribution >= 0.6 is 0 Å². The third kappa shape index (κ3) is 5.39. The molecule has 15 nitrogen and oxygen atoms in total. The van der Waals surface area contributed by atoms with Crippen LogP contribution in [0.1, 0.15) is 0 Å².